The van der Waals surface area contributed by atoms with Crippen LogP contribution in [0.2, 0.25) is 0 Å². The zero-order chi connectivity index (χ0) is 6.69. The molecule has 1 atom stereocenters. The molecule has 0 fully saturated rings. The summed E-state index contributed by atoms with van der Waals surface area (Å²) in [5, 5.41) is 3.27. The van der Waals surface area contributed by atoms with Gasteiger partial charge in [0.25, 0.3) is 0 Å². The maximum absolute atomic E-state index is 5.66. The van der Waals surface area contributed by atoms with Crippen molar-refractivity contribution in [3.8, 4) is 0 Å². The van der Waals surface area contributed by atoms with E-state index in [1.54, 1.807) is 0 Å². The quantitative estimate of drug-likeness (QED) is 0.494. The van der Waals surface area contributed by atoms with Crippen molar-refractivity contribution in [2.75, 3.05) is 13.1 Å². The van der Waals surface area contributed by atoms with Gasteiger partial charge in [0.15, 0.2) is 0 Å². The van der Waals surface area contributed by atoms with Gasteiger partial charge in [0.05, 0.1) is 0 Å². The Kier molecular flexibility index (Phi) is 2.25. The van der Waals surface area contributed by atoms with Crippen LogP contribution in [0.5, 0.6) is 0 Å². The smallest absolute Gasteiger partial charge is 0.0237 e. The van der Waals surface area contributed by atoms with Crippen LogP contribution in [0.3, 0.4) is 0 Å². The standard InChI is InChI=1S/C7H14N2/c1-6(8)7-3-2-4-9-5-7/h3,6,9H,2,4-5,8H2,1H3. The van der Waals surface area contributed by atoms with Crippen molar-refractivity contribution >= 4 is 0 Å². The first-order chi connectivity index (χ1) is 4.30. The van der Waals surface area contributed by atoms with Gasteiger partial charge in [0.1, 0.15) is 0 Å². The predicted molar refractivity (Wildman–Crippen MR) is 39.2 cm³/mol. The topological polar surface area (TPSA) is 38.0 Å². The Balaban J connectivity index is 2.46. The van der Waals surface area contributed by atoms with E-state index in [0.29, 0.717) is 0 Å². The highest BCUT2D eigenvalue weighted by molar-refractivity contribution is 5.12. The van der Waals surface area contributed by atoms with E-state index >= 15 is 0 Å². The van der Waals surface area contributed by atoms with E-state index < -0.39 is 0 Å². The molecule has 52 valence electrons. The lowest BCUT2D eigenvalue weighted by Crippen LogP contribution is -2.30. The van der Waals surface area contributed by atoms with Crippen LogP contribution in [0.1, 0.15) is 13.3 Å². The molecule has 0 radical (unpaired) electrons. The van der Waals surface area contributed by atoms with Gasteiger partial charge in [0.2, 0.25) is 0 Å². The van der Waals surface area contributed by atoms with Crippen LogP contribution >= 0.6 is 0 Å². The van der Waals surface area contributed by atoms with Crippen molar-refractivity contribution in [2.24, 2.45) is 5.73 Å². The first-order valence-corrected chi connectivity index (χ1v) is 3.46. The van der Waals surface area contributed by atoms with Crippen LogP contribution < -0.4 is 11.1 Å². The molecule has 0 aliphatic carbocycles. The first-order valence-electron chi connectivity index (χ1n) is 3.46. The maximum atomic E-state index is 5.66. The summed E-state index contributed by atoms with van der Waals surface area (Å²) in [7, 11) is 0. The molecular formula is C7H14N2. The van der Waals surface area contributed by atoms with Crippen LogP contribution in [0, 0.1) is 0 Å². The third-order valence-electron chi connectivity index (χ3n) is 1.64. The van der Waals surface area contributed by atoms with E-state index in [9.17, 15) is 0 Å². The average molecular weight is 126 g/mol. The third kappa shape index (κ3) is 1.80. The number of nitrogens with two attached hydrogens (primary N) is 1. The minimum absolute atomic E-state index is 0.234. The van der Waals surface area contributed by atoms with Crippen molar-refractivity contribution in [3.63, 3.8) is 0 Å². The predicted octanol–water partition coefficient (Wildman–Crippen LogP) is 0.253. The molecule has 9 heavy (non-hydrogen) atoms. The summed E-state index contributed by atoms with van der Waals surface area (Å²) in [4.78, 5) is 0. The zero-order valence-corrected chi connectivity index (χ0v) is 5.85. The molecule has 2 heteroatoms. The highest BCUT2D eigenvalue weighted by atomic mass is 14.9. The monoisotopic (exact) mass is 126 g/mol. The van der Waals surface area contributed by atoms with Crippen LogP contribution in [0.15, 0.2) is 11.6 Å². The number of rotatable bonds is 1. The average Bonchev–Trinajstić information content (AvgIpc) is 1.90. The van der Waals surface area contributed by atoms with Crippen LogP contribution in [0.4, 0.5) is 0 Å². The molecule has 0 saturated carbocycles. The van der Waals surface area contributed by atoms with Gasteiger partial charge in [-0.2, -0.15) is 0 Å². The number of hydrogen-bond acceptors (Lipinski definition) is 2. The Bertz CT molecular complexity index is 116. The molecule has 3 N–H and O–H groups in total. The summed E-state index contributed by atoms with van der Waals surface area (Å²) >= 11 is 0. The minimum Gasteiger partial charge on any atom is -0.324 e. The molecule has 0 aromatic heterocycles. The summed E-state index contributed by atoms with van der Waals surface area (Å²) in [5.74, 6) is 0. The van der Waals surface area contributed by atoms with Gasteiger partial charge in [-0.15, -0.1) is 0 Å². The minimum atomic E-state index is 0.234. The van der Waals surface area contributed by atoms with Gasteiger partial charge in [-0.1, -0.05) is 6.08 Å². The second kappa shape index (κ2) is 2.99. The molecule has 0 amide bonds. The normalized spacial score (nSPS) is 23.1. The van der Waals surface area contributed by atoms with Gasteiger partial charge in [-0.25, -0.2) is 0 Å². The van der Waals surface area contributed by atoms with Gasteiger partial charge in [-0.05, 0) is 25.5 Å². The Morgan fingerprint density at radius 1 is 1.78 bits per heavy atom. The summed E-state index contributed by atoms with van der Waals surface area (Å²) in [6.45, 7) is 4.12. The molecule has 1 aliphatic rings. The van der Waals surface area contributed by atoms with Gasteiger partial charge in [0, 0.05) is 12.6 Å². The summed E-state index contributed by atoms with van der Waals surface area (Å²) < 4.78 is 0. The highest BCUT2D eigenvalue weighted by Crippen LogP contribution is 2.03. The third-order valence-corrected chi connectivity index (χ3v) is 1.64. The number of nitrogens with one attached hydrogen (secondary N) is 1. The zero-order valence-electron chi connectivity index (χ0n) is 5.85. The summed E-state index contributed by atoms with van der Waals surface area (Å²) in [5.41, 5.74) is 7.01. The molecule has 1 unspecified atom stereocenters. The Hall–Kier alpha value is -0.340. The molecule has 0 bridgehead atoms. The van der Waals surface area contributed by atoms with Crippen LogP contribution in [0.25, 0.3) is 0 Å². The number of hydrogen-bond donors (Lipinski definition) is 2. The fourth-order valence-corrected chi connectivity index (χ4v) is 1.01. The largest absolute Gasteiger partial charge is 0.324 e. The van der Waals surface area contributed by atoms with Crippen molar-refractivity contribution in [2.45, 2.75) is 19.4 Å². The summed E-state index contributed by atoms with van der Waals surface area (Å²) in [6, 6.07) is 0.234. The molecule has 0 saturated heterocycles. The van der Waals surface area contributed by atoms with Gasteiger partial charge < -0.3 is 11.1 Å². The first kappa shape index (κ1) is 6.78. The maximum Gasteiger partial charge on any atom is 0.0237 e. The Morgan fingerprint density at radius 3 is 2.89 bits per heavy atom. The van der Waals surface area contributed by atoms with E-state index in [1.807, 2.05) is 6.92 Å². The molecule has 0 spiro atoms. The van der Waals surface area contributed by atoms with Crippen LogP contribution in [-0.4, -0.2) is 19.1 Å². The van der Waals surface area contributed by atoms with Gasteiger partial charge in [-0.3, -0.25) is 0 Å². The van der Waals surface area contributed by atoms with Gasteiger partial charge >= 0.3 is 0 Å². The van der Waals surface area contributed by atoms with E-state index in [2.05, 4.69) is 11.4 Å². The lowest BCUT2D eigenvalue weighted by molar-refractivity contribution is 0.658. The second-order valence-corrected chi connectivity index (χ2v) is 2.53. The van der Waals surface area contributed by atoms with Crippen molar-refractivity contribution in [1.82, 2.24) is 5.32 Å². The molecule has 0 aromatic carbocycles. The van der Waals surface area contributed by atoms with E-state index in [4.69, 9.17) is 5.73 Å². The molecule has 1 aliphatic heterocycles. The van der Waals surface area contributed by atoms with Crippen molar-refractivity contribution in [1.29, 1.82) is 0 Å². The lowest BCUT2D eigenvalue weighted by Gasteiger charge is -2.16. The van der Waals surface area contributed by atoms with Crippen LogP contribution in [-0.2, 0) is 0 Å². The Morgan fingerprint density at radius 2 is 2.56 bits per heavy atom. The SMILES string of the molecule is CC(N)C1=CCCNC1. The van der Waals surface area contributed by atoms with E-state index in [-0.39, 0.29) is 6.04 Å². The van der Waals surface area contributed by atoms with Crippen molar-refractivity contribution < 1.29 is 0 Å². The highest BCUT2D eigenvalue weighted by Gasteiger charge is 2.05. The molecular weight excluding hydrogens is 112 g/mol. The summed E-state index contributed by atoms with van der Waals surface area (Å²) in [6.07, 6.45) is 3.37. The molecule has 2 nitrogen and oxygen atoms in total. The molecule has 1 heterocycles. The fourth-order valence-electron chi connectivity index (χ4n) is 1.01. The lowest BCUT2D eigenvalue weighted by atomic mass is 10.1. The van der Waals surface area contributed by atoms with E-state index in [0.717, 1.165) is 19.5 Å². The second-order valence-electron chi connectivity index (χ2n) is 2.53. The Labute approximate surface area is 56.1 Å². The van der Waals surface area contributed by atoms with Crippen molar-refractivity contribution in [3.05, 3.63) is 11.6 Å². The molecule has 1 rings (SSSR count). The van der Waals surface area contributed by atoms with E-state index in [1.165, 1.54) is 5.57 Å². The molecule has 0 aromatic rings. The fraction of sp³-hybridized carbons (Fsp3) is 0.714.